The van der Waals surface area contributed by atoms with Crippen LogP contribution in [0, 0.1) is 6.92 Å². The van der Waals surface area contributed by atoms with Gasteiger partial charge in [-0.3, -0.25) is 4.79 Å². The van der Waals surface area contributed by atoms with Gasteiger partial charge in [0.15, 0.2) is 0 Å². The normalized spacial score (nSPS) is 19.4. The number of aliphatic hydroxyl groups is 1. The van der Waals surface area contributed by atoms with Crippen molar-refractivity contribution in [2.24, 2.45) is 0 Å². The number of aryl methyl sites for hydroxylation is 1. The summed E-state index contributed by atoms with van der Waals surface area (Å²) in [7, 11) is 0. The first-order valence-corrected chi connectivity index (χ1v) is 6.35. The van der Waals surface area contributed by atoms with Gasteiger partial charge in [0.25, 0.3) is 0 Å². The number of rotatable bonds is 2. The van der Waals surface area contributed by atoms with Gasteiger partial charge in [0.2, 0.25) is 0 Å². The van der Waals surface area contributed by atoms with Crippen LogP contribution < -0.4 is 0 Å². The van der Waals surface area contributed by atoms with Crippen molar-refractivity contribution in [3.05, 3.63) is 34.3 Å². The number of carbonyl (C=O) groups excluding carboxylic acids is 1. The predicted molar refractivity (Wildman–Crippen MR) is 68.3 cm³/mol. The molecule has 1 aromatic rings. The largest absolute Gasteiger partial charge is 0.390 e. The highest BCUT2D eigenvalue weighted by atomic mass is 35.5. The van der Waals surface area contributed by atoms with E-state index in [2.05, 4.69) is 0 Å². The first-order chi connectivity index (χ1) is 7.98. The fourth-order valence-electron chi connectivity index (χ4n) is 2.32. The zero-order valence-corrected chi connectivity index (χ0v) is 10.8. The monoisotopic (exact) mass is 252 g/mol. The lowest BCUT2D eigenvalue weighted by Gasteiger charge is -2.31. The van der Waals surface area contributed by atoms with Crippen LogP contribution in [0.1, 0.15) is 36.8 Å². The van der Waals surface area contributed by atoms with Gasteiger partial charge in [-0.05, 0) is 37.0 Å². The summed E-state index contributed by atoms with van der Waals surface area (Å²) in [5.41, 5.74) is 1.32. The van der Waals surface area contributed by atoms with Gasteiger partial charge < -0.3 is 5.11 Å². The van der Waals surface area contributed by atoms with Crippen LogP contribution in [0.5, 0.6) is 0 Å². The smallest absolute Gasteiger partial charge is 0.133 e. The maximum absolute atomic E-state index is 11.2. The fourth-order valence-corrected chi connectivity index (χ4v) is 2.62. The summed E-state index contributed by atoms with van der Waals surface area (Å²) >= 11 is 6.16. The van der Waals surface area contributed by atoms with Crippen LogP contribution >= 0.6 is 11.6 Å². The van der Waals surface area contributed by atoms with Gasteiger partial charge in [-0.25, -0.2) is 0 Å². The van der Waals surface area contributed by atoms with Crippen LogP contribution in [0.2, 0.25) is 5.02 Å². The van der Waals surface area contributed by atoms with Gasteiger partial charge in [-0.2, -0.15) is 0 Å². The molecule has 0 aliphatic heterocycles. The predicted octanol–water partition coefficient (Wildman–Crippen LogP) is 3.07. The maximum Gasteiger partial charge on any atom is 0.133 e. The minimum atomic E-state index is -0.757. The molecule has 1 N–H and O–H groups in total. The van der Waals surface area contributed by atoms with Crippen LogP contribution in [0.3, 0.4) is 0 Å². The Bertz CT molecular complexity index is 430. The standard InChI is InChI=1S/C14H17ClO2/c1-10-2-3-11(13(15)8-10)9-14(17)6-4-12(16)5-7-14/h2-3,8,17H,4-7,9H2,1H3. The van der Waals surface area contributed by atoms with E-state index in [9.17, 15) is 9.90 Å². The van der Waals surface area contributed by atoms with Crippen LogP contribution in [0.15, 0.2) is 18.2 Å². The average Bonchev–Trinajstić information content (AvgIpc) is 2.27. The third-order valence-corrected chi connectivity index (χ3v) is 3.82. The molecule has 0 atom stereocenters. The average molecular weight is 253 g/mol. The molecule has 1 fully saturated rings. The fraction of sp³-hybridized carbons (Fsp3) is 0.500. The molecule has 0 saturated heterocycles. The molecule has 0 radical (unpaired) electrons. The summed E-state index contributed by atoms with van der Waals surface area (Å²) in [5, 5.41) is 11.1. The van der Waals surface area contributed by atoms with E-state index >= 15 is 0 Å². The minimum Gasteiger partial charge on any atom is -0.390 e. The van der Waals surface area contributed by atoms with Crippen molar-refractivity contribution in [1.29, 1.82) is 0 Å². The van der Waals surface area contributed by atoms with E-state index in [1.165, 1.54) is 0 Å². The van der Waals surface area contributed by atoms with Crippen molar-refractivity contribution >= 4 is 17.4 Å². The Morgan fingerprint density at radius 1 is 1.35 bits per heavy atom. The van der Waals surface area contributed by atoms with Crippen molar-refractivity contribution in [2.75, 3.05) is 0 Å². The molecular formula is C14H17ClO2. The third kappa shape index (κ3) is 3.08. The number of carbonyl (C=O) groups is 1. The maximum atomic E-state index is 11.2. The molecule has 2 nitrogen and oxygen atoms in total. The van der Waals surface area contributed by atoms with E-state index in [0.29, 0.717) is 37.1 Å². The summed E-state index contributed by atoms with van der Waals surface area (Å²) in [5.74, 6) is 0.254. The zero-order valence-electron chi connectivity index (χ0n) is 10.0. The van der Waals surface area contributed by atoms with Crippen LogP contribution in [-0.4, -0.2) is 16.5 Å². The van der Waals surface area contributed by atoms with E-state index in [4.69, 9.17) is 11.6 Å². The molecule has 1 aromatic carbocycles. The summed E-state index contributed by atoms with van der Waals surface area (Å²) in [6, 6.07) is 5.87. The van der Waals surface area contributed by atoms with Crippen LogP contribution in [-0.2, 0) is 11.2 Å². The second kappa shape index (κ2) is 4.79. The first kappa shape index (κ1) is 12.6. The molecule has 0 unspecified atom stereocenters. The van der Waals surface area contributed by atoms with Gasteiger partial charge in [0.05, 0.1) is 5.60 Å². The van der Waals surface area contributed by atoms with Crippen molar-refractivity contribution < 1.29 is 9.90 Å². The lowest BCUT2D eigenvalue weighted by molar-refractivity contribution is -0.125. The SMILES string of the molecule is Cc1ccc(CC2(O)CCC(=O)CC2)c(Cl)c1. The van der Waals surface area contributed by atoms with Gasteiger partial charge in [-0.1, -0.05) is 23.7 Å². The lowest BCUT2D eigenvalue weighted by Crippen LogP contribution is -2.36. The molecule has 0 amide bonds. The number of halogens is 1. The second-order valence-electron chi connectivity index (χ2n) is 5.03. The molecule has 0 heterocycles. The van der Waals surface area contributed by atoms with E-state index < -0.39 is 5.60 Å². The van der Waals surface area contributed by atoms with Crippen molar-refractivity contribution in [3.63, 3.8) is 0 Å². The molecule has 0 aromatic heterocycles. The highest BCUT2D eigenvalue weighted by Gasteiger charge is 2.32. The number of hydrogen-bond donors (Lipinski definition) is 1. The highest BCUT2D eigenvalue weighted by Crippen LogP contribution is 2.32. The summed E-state index contributed by atoms with van der Waals surface area (Å²) in [4.78, 5) is 11.2. The number of benzene rings is 1. The summed E-state index contributed by atoms with van der Waals surface area (Å²) < 4.78 is 0. The Balaban J connectivity index is 2.12. The van der Waals surface area contributed by atoms with Crippen molar-refractivity contribution in [2.45, 2.75) is 44.6 Å². The third-order valence-electron chi connectivity index (χ3n) is 3.47. The lowest BCUT2D eigenvalue weighted by atomic mass is 9.80. The Morgan fingerprint density at radius 3 is 2.59 bits per heavy atom. The van der Waals surface area contributed by atoms with Crippen LogP contribution in [0.4, 0.5) is 0 Å². The topological polar surface area (TPSA) is 37.3 Å². The van der Waals surface area contributed by atoms with Gasteiger partial charge in [0.1, 0.15) is 5.78 Å². The van der Waals surface area contributed by atoms with E-state index in [1.807, 2.05) is 25.1 Å². The molecule has 0 spiro atoms. The zero-order chi connectivity index (χ0) is 12.5. The molecule has 0 bridgehead atoms. The minimum absolute atomic E-state index is 0.254. The van der Waals surface area contributed by atoms with Crippen molar-refractivity contribution in [1.82, 2.24) is 0 Å². The summed E-state index contributed by atoms with van der Waals surface area (Å²) in [6.45, 7) is 1.99. The molecule has 17 heavy (non-hydrogen) atoms. The number of Topliss-reactive ketones (excluding diaryl/α,β-unsaturated/α-hetero) is 1. The molecule has 3 heteroatoms. The summed E-state index contributed by atoms with van der Waals surface area (Å²) in [6.07, 6.45) is 2.62. The molecular weight excluding hydrogens is 236 g/mol. The molecule has 92 valence electrons. The van der Waals surface area contributed by atoms with E-state index in [1.54, 1.807) is 0 Å². The van der Waals surface area contributed by atoms with E-state index in [-0.39, 0.29) is 5.78 Å². The van der Waals surface area contributed by atoms with E-state index in [0.717, 1.165) is 11.1 Å². The molecule has 1 aliphatic rings. The Hall–Kier alpha value is -0.860. The van der Waals surface area contributed by atoms with Gasteiger partial charge >= 0.3 is 0 Å². The Labute approximate surface area is 107 Å². The quantitative estimate of drug-likeness (QED) is 0.878. The highest BCUT2D eigenvalue weighted by molar-refractivity contribution is 6.31. The van der Waals surface area contributed by atoms with Gasteiger partial charge in [0, 0.05) is 24.3 Å². The Morgan fingerprint density at radius 2 is 2.00 bits per heavy atom. The number of ketones is 1. The Kier molecular flexibility index (Phi) is 3.55. The second-order valence-corrected chi connectivity index (χ2v) is 5.44. The van der Waals surface area contributed by atoms with Gasteiger partial charge in [-0.15, -0.1) is 0 Å². The molecule has 2 rings (SSSR count). The van der Waals surface area contributed by atoms with Crippen molar-refractivity contribution in [3.8, 4) is 0 Å². The van der Waals surface area contributed by atoms with Crippen LogP contribution in [0.25, 0.3) is 0 Å². The number of hydrogen-bond acceptors (Lipinski definition) is 2. The molecule has 1 aliphatic carbocycles. The first-order valence-electron chi connectivity index (χ1n) is 5.98. The molecule has 1 saturated carbocycles.